The number of quaternary nitrogens is 1. The van der Waals surface area contributed by atoms with Gasteiger partial charge >= 0.3 is 0 Å². The Balaban J connectivity index is 0.000000320. The molecule has 47 heavy (non-hydrogen) atoms. The summed E-state index contributed by atoms with van der Waals surface area (Å²) in [5, 5.41) is 3.50. The summed E-state index contributed by atoms with van der Waals surface area (Å²) in [4.78, 5) is 28.0. The quantitative estimate of drug-likeness (QED) is 0.202. The van der Waals surface area contributed by atoms with Crippen molar-refractivity contribution in [1.29, 1.82) is 0 Å². The Hall–Kier alpha value is -3.57. The number of carbonyl (C=O) groups is 2. The maximum absolute atomic E-state index is 13.4. The molecule has 4 aromatic carbocycles. The Morgan fingerprint density at radius 1 is 0.574 bits per heavy atom. The van der Waals surface area contributed by atoms with E-state index < -0.39 is 10.8 Å². The number of likely N-dealkylation sites (N-methyl/N-ethyl adjacent to an activating group) is 2. The zero-order valence-electron chi connectivity index (χ0n) is 29.4. The average Bonchev–Trinajstić information content (AvgIpc) is 3.08. The topological polar surface area (TPSA) is 50.6 Å². The Bertz CT molecular complexity index is 1380. The molecule has 0 aliphatic rings. The van der Waals surface area contributed by atoms with E-state index in [2.05, 4.69) is 103 Å². The molecule has 4 aromatic rings. The largest absolute Gasteiger partial charge is 1.00 e. The first-order chi connectivity index (χ1) is 22.2. The van der Waals surface area contributed by atoms with Gasteiger partial charge in [-0.05, 0) is 55.5 Å². The number of ketones is 2. The standard InChI is InChI=1S/2C21H27NO.ClH/c1-5-12-20(23)21(17(2)22(3)4,18-13-8-6-9-14-18)19-15-10-7-11-16-19;1-4-12-20(23)21(17(3)22-5-2,18-13-8-6-9-14-18)19-15-10-7-11-16-19;/h6-11,13-17H,5,12H2,1-4H3;6-11,13-17,22H,4-5,12H2,1-3H3;1H. The fourth-order valence-corrected chi connectivity index (χ4v) is 7.01. The molecular weight excluding hydrogens is 600 g/mol. The van der Waals surface area contributed by atoms with Gasteiger partial charge in [-0.25, -0.2) is 0 Å². The third kappa shape index (κ3) is 8.67. The van der Waals surface area contributed by atoms with E-state index in [1.807, 2.05) is 72.8 Å². The minimum atomic E-state index is -0.644. The van der Waals surface area contributed by atoms with Crippen molar-refractivity contribution in [2.75, 3.05) is 20.6 Å². The van der Waals surface area contributed by atoms with Gasteiger partial charge in [0.1, 0.15) is 17.2 Å². The summed E-state index contributed by atoms with van der Waals surface area (Å²) >= 11 is 0. The molecule has 0 aliphatic carbocycles. The highest BCUT2D eigenvalue weighted by molar-refractivity contribution is 5.95. The fraction of sp³-hybridized carbons (Fsp3) is 0.381. The van der Waals surface area contributed by atoms with E-state index >= 15 is 0 Å². The van der Waals surface area contributed by atoms with E-state index in [0.717, 1.165) is 41.6 Å². The molecule has 0 aromatic heterocycles. The number of Topliss-reactive ketones (excluding diaryl/α,β-unsaturated/α-hetero) is 2. The second-order valence-electron chi connectivity index (χ2n) is 12.5. The van der Waals surface area contributed by atoms with Crippen LogP contribution in [0.4, 0.5) is 0 Å². The van der Waals surface area contributed by atoms with Crippen molar-refractivity contribution in [3.05, 3.63) is 144 Å². The van der Waals surface area contributed by atoms with Crippen LogP contribution >= 0.6 is 0 Å². The zero-order chi connectivity index (χ0) is 33.6. The highest BCUT2D eigenvalue weighted by Crippen LogP contribution is 2.39. The summed E-state index contributed by atoms with van der Waals surface area (Å²) < 4.78 is 0. The van der Waals surface area contributed by atoms with E-state index in [1.165, 1.54) is 4.90 Å². The number of carbonyl (C=O) groups excluding carboxylic acids is 2. The highest BCUT2D eigenvalue weighted by Gasteiger charge is 2.49. The minimum absolute atomic E-state index is 0. The smallest absolute Gasteiger partial charge is 0.153 e. The van der Waals surface area contributed by atoms with Crippen molar-refractivity contribution in [2.45, 2.75) is 83.2 Å². The molecule has 0 aliphatic heterocycles. The van der Waals surface area contributed by atoms with E-state index in [9.17, 15) is 9.59 Å². The minimum Gasteiger partial charge on any atom is -1.00 e. The van der Waals surface area contributed by atoms with Crippen molar-refractivity contribution < 1.29 is 26.9 Å². The lowest BCUT2D eigenvalue weighted by molar-refractivity contribution is -0.886. The molecule has 2 atom stereocenters. The van der Waals surface area contributed by atoms with Gasteiger partial charge in [0.2, 0.25) is 0 Å². The van der Waals surface area contributed by atoms with Gasteiger partial charge in [0.25, 0.3) is 0 Å². The van der Waals surface area contributed by atoms with Gasteiger partial charge in [0, 0.05) is 18.9 Å². The predicted molar refractivity (Wildman–Crippen MR) is 193 cm³/mol. The lowest BCUT2D eigenvalue weighted by Gasteiger charge is -2.39. The third-order valence-corrected chi connectivity index (χ3v) is 9.43. The lowest BCUT2D eigenvalue weighted by Crippen LogP contribution is -3.12. The normalized spacial score (nSPS) is 12.7. The third-order valence-electron chi connectivity index (χ3n) is 9.43. The number of rotatable bonds is 15. The molecule has 4 nitrogen and oxygen atoms in total. The SMILES string of the molecule is CCCC(=O)C(c1ccccc1)(c1ccccc1)C(C)NCC.CCCC(=O)C(c1ccccc1)(c1ccccc1)C(C)[NH+](C)C.[Cl-]. The van der Waals surface area contributed by atoms with Crippen LogP contribution in [0.3, 0.4) is 0 Å². The second kappa shape index (κ2) is 19.3. The van der Waals surface area contributed by atoms with Gasteiger partial charge in [0.05, 0.1) is 19.5 Å². The maximum atomic E-state index is 13.4. The zero-order valence-corrected chi connectivity index (χ0v) is 30.2. The molecule has 252 valence electrons. The summed E-state index contributed by atoms with van der Waals surface area (Å²) in [6.45, 7) is 11.4. The van der Waals surface area contributed by atoms with E-state index in [-0.39, 0.29) is 30.3 Å². The second-order valence-corrected chi connectivity index (χ2v) is 12.5. The van der Waals surface area contributed by atoms with Gasteiger partial charge in [-0.3, -0.25) is 9.59 Å². The van der Waals surface area contributed by atoms with Crippen LogP contribution in [0.2, 0.25) is 0 Å². The summed E-state index contributed by atoms with van der Waals surface area (Å²) in [5.41, 5.74) is 3.08. The molecule has 4 rings (SSSR count). The van der Waals surface area contributed by atoms with Crippen LogP contribution in [-0.4, -0.2) is 44.3 Å². The number of nitrogens with one attached hydrogen (secondary N) is 2. The molecule has 2 N–H and O–H groups in total. The first kappa shape index (κ1) is 39.6. The van der Waals surface area contributed by atoms with Gasteiger partial charge in [-0.15, -0.1) is 0 Å². The van der Waals surface area contributed by atoms with Crippen molar-refractivity contribution in [2.24, 2.45) is 0 Å². The molecule has 0 bridgehead atoms. The monoisotopic (exact) mass is 654 g/mol. The van der Waals surface area contributed by atoms with Crippen LogP contribution in [0.25, 0.3) is 0 Å². The highest BCUT2D eigenvalue weighted by atomic mass is 35.5. The van der Waals surface area contributed by atoms with Gasteiger partial charge in [-0.2, -0.15) is 0 Å². The van der Waals surface area contributed by atoms with Crippen LogP contribution in [0.5, 0.6) is 0 Å². The van der Waals surface area contributed by atoms with E-state index in [4.69, 9.17) is 0 Å². The Morgan fingerprint density at radius 3 is 1.15 bits per heavy atom. The van der Waals surface area contributed by atoms with Gasteiger partial charge in [0.15, 0.2) is 5.78 Å². The van der Waals surface area contributed by atoms with Crippen LogP contribution in [0.15, 0.2) is 121 Å². The Morgan fingerprint density at radius 2 is 0.872 bits per heavy atom. The molecule has 0 radical (unpaired) electrons. The first-order valence-corrected chi connectivity index (χ1v) is 17.0. The molecule has 2 unspecified atom stereocenters. The van der Waals surface area contributed by atoms with Crippen LogP contribution in [-0.2, 0) is 20.4 Å². The first-order valence-electron chi connectivity index (χ1n) is 17.0. The summed E-state index contributed by atoms with van der Waals surface area (Å²) in [6.07, 6.45) is 2.91. The summed E-state index contributed by atoms with van der Waals surface area (Å²) in [5.74, 6) is 0.594. The maximum Gasteiger partial charge on any atom is 0.153 e. The number of benzene rings is 4. The average molecular weight is 655 g/mol. The van der Waals surface area contributed by atoms with E-state index in [0.29, 0.717) is 18.6 Å². The lowest BCUT2D eigenvalue weighted by atomic mass is 9.65. The van der Waals surface area contributed by atoms with Crippen LogP contribution in [0, 0.1) is 0 Å². The molecule has 0 fully saturated rings. The van der Waals surface area contributed by atoms with Crippen molar-refractivity contribution >= 4 is 11.6 Å². The van der Waals surface area contributed by atoms with Gasteiger partial charge < -0.3 is 22.6 Å². The molecule has 0 spiro atoms. The molecule has 0 saturated carbocycles. The Labute approximate surface area is 290 Å². The molecule has 5 heteroatoms. The molecule has 0 saturated heterocycles. The van der Waals surface area contributed by atoms with Crippen LogP contribution in [0.1, 0.15) is 82.6 Å². The summed E-state index contributed by atoms with van der Waals surface area (Å²) in [7, 11) is 4.26. The van der Waals surface area contributed by atoms with E-state index in [1.54, 1.807) is 0 Å². The number of hydrogen-bond acceptors (Lipinski definition) is 3. The molecular formula is C42H55ClN2O2. The van der Waals surface area contributed by atoms with Crippen molar-refractivity contribution in [3.8, 4) is 0 Å². The van der Waals surface area contributed by atoms with Crippen molar-refractivity contribution in [3.63, 3.8) is 0 Å². The van der Waals surface area contributed by atoms with Crippen molar-refractivity contribution in [1.82, 2.24) is 5.32 Å². The van der Waals surface area contributed by atoms with Crippen LogP contribution < -0.4 is 22.6 Å². The predicted octanol–water partition coefficient (Wildman–Crippen LogP) is 4.22. The molecule has 0 heterocycles. The van der Waals surface area contributed by atoms with Gasteiger partial charge in [-0.1, -0.05) is 142 Å². The Kier molecular flexibility index (Phi) is 16.3. The number of hydrogen-bond donors (Lipinski definition) is 2. The summed E-state index contributed by atoms with van der Waals surface area (Å²) in [6, 6.07) is 41.1. The fourth-order valence-electron chi connectivity index (χ4n) is 7.01. The number of halogens is 1. The molecule has 0 amide bonds.